The lowest BCUT2D eigenvalue weighted by Crippen LogP contribution is -2.10. The second kappa shape index (κ2) is 11.8. The van der Waals surface area contributed by atoms with E-state index in [0.717, 1.165) is 47.2 Å². The van der Waals surface area contributed by atoms with Crippen LogP contribution in [0.3, 0.4) is 0 Å². The third kappa shape index (κ3) is 5.89. The van der Waals surface area contributed by atoms with Crippen molar-refractivity contribution < 1.29 is 33.7 Å². The van der Waals surface area contributed by atoms with Crippen LogP contribution in [0.2, 0.25) is 0 Å². The van der Waals surface area contributed by atoms with Crippen molar-refractivity contribution in [2.24, 2.45) is 0 Å². The highest BCUT2D eigenvalue weighted by Crippen LogP contribution is 2.39. The maximum absolute atomic E-state index is 9.24. The lowest BCUT2D eigenvalue weighted by Gasteiger charge is -2.17. The van der Waals surface area contributed by atoms with Crippen LogP contribution < -0.4 is 18.9 Å². The topological polar surface area (TPSA) is 103 Å². The molecule has 2 N–H and O–H groups in total. The molecule has 2 aromatic carbocycles. The van der Waals surface area contributed by atoms with E-state index in [4.69, 9.17) is 23.5 Å². The number of aryl methyl sites for hydroxylation is 2. The Kier molecular flexibility index (Phi) is 8.79. The zero-order valence-corrected chi connectivity index (χ0v) is 19.7. The first-order valence-electron chi connectivity index (χ1n) is 11.3. The number of aliphatic hydroxyl groups is 2. The van der Waals surface area contributed by atoms with Gasteiger partial charge in [-0.15, -0.1) is 0 Å². The number of aliphatic hydroxyl groups excluding tert-OH is 1. The molecule has 3 aromatic rings. The van der Waals surface area contributed by atoms with Gasteiger partial charge in [-0.1, -0.05) is 25.4 Å². The van der Waals surface area contributed by atoms with Gasteiger partial charge >= 0.3 is 0 Å². The van der Waals surface area contributed by atoms with Gasteiger partial charge in [0.1, 0.15) is 5.75 Å². The van der Waals surface area contributed by atoms with E-state index in [1.807, 2.05) is 12.1 Å². The van der Waals surface area contributed by atoms with E-state index in [9.17, 15) is 10.2 Å². The molecule has 0 aliphatic carbocycles. The van der Waals surface area contributed by atoms with Crippen molar-refractivity contribution in [3.8, 4) is 23.0 Å². The van der Waals surface area contributed by atoms with Crippen LogP contribution in [0.25, 0.3) is 11.0 Å². The second-order valence-electron chi connectivity index (χ2n) is 7.72. The summed E-state index contributed by atoms with van der Waals surface area (Å²) in [6.07, 6.45) is 1.91. The molecule has 1 heterocycles. The van der Waals surface area contributed by atoms with E-state index >= 15 is 0 Å². The maximum atomic E-state index is 9.24. The first-order valence-corrected chi connectivity index (χ1v) is 11.3. The Labute approximate surface area is 194 Å². The van der Waals surface area contributed by atoms with Gasteiger partial charge in [0.25, 0.3) is 0 Å². The van der Waals surface area contributed by atoms with Crippen molar-refractivity contribution in [2.45, 2.75) is 52.2 Å². The summed E-state index contributed by atoms with van der Waals surface area (Å²) in [7, 11) is 3.06. The molecule has 8 heteroatoms. The first kappa shape index (κ1) is 24.7. The largest absolute Gasteiger partial charge is 0.493 e. The van der Waals surface area contributed by atoms with Crippen LogP contribution in [-0.4, -0.2) is 49.1 Å². The molecule has 0 amide bonds. The molecule has 8 nitrogen and oxygen atoms in total. The van der Waals surface area contributed by atoms with E-state index in [-0.39, 0.29) is 6.42 Å². The van der Waals surface area contributed by atoms with Crippen molar-refractivity contribution in [1.29, 1.82) is 0 Å². The highest BCUT2D eigenvalue weighted by atomic mass is 16.5. The van der Waals surface area contributed by atoms with Crippen molar-refractivity contribution in [3.05, 3.63) is 41.1 Å². The monoisotopic (exact) mass is 459 g/mol. The molecule has 1 aromatic heterocycles. The number of hydrogen-bond donors (Lipinski definition) is 2. The maximum Gasteiger partial charge on any atom is 0.203 e. The molecule has 180 valence electrons. The van der Waals surface area contributed by atoms with Gasteiger partial charge in [0.2, 0.25) is 5.75 Å². The number of ether oxygens (including phenoxy) is 4. The van der Waals surface area contributed by atoms with Crippen molar-refractivity contribution >= 4 is 11.0 Å². The zero-order valence-electron chi connectivity index (χ0n) is 19.7. The highest BCUT2D eigenvalue weighted by Gasteiger charge is 2.17. The fraction of sp³-hybridized carbons (Fsp3) is 0.480. The van der Waals surface area contributed by atoms with E-state index in [0.29, 0.717) is 42.4 Å². The molecule has 0 unspecified atom stereocenters. The summed E-state index contributed by atoms with van der Waals surface area (Å²) in [5, 5.41) is 23.7. The molecule has 0 saturated carbocycles. The highest BCUT2D eigenvalue weighted by molar-refractivity contribution is 5.84. The van der Waals surface area contributed by atoms with Gasteiger partial charge in [-0.2, -0.15) is 0 Å². The molecule has 0 atom stereocenters. The van der Waals surface area contributed by atoms with E-state index in [1.54, 1.807) is 12.1 Å². The van der Waals surface area contributed by atoms with Gasteiger partial charge in [-0.25, -0.2) is 0 Å². The molecule has 0 radical (unpaired) electrons. The van der Waals surface area contributed by atoms with Crippen LogP contribution in [0.5, 0.6) is 23.0 Å². The van der Waals surface area contributed by atoms with E-state index < -0.39 is 6.29 Å². The van der Waals surface area contributed by atoms with Crippen molar-refractivity contribution in [2.75, 3.05) is 27.4 Å². The van der Waals surface area contributed by atoms with Crippen LogP contribution in [0.4, 0.5) is 0 Å². The molecule has 0 saturated heterocycles. The van der Waals surface area contributed by atoms with Crippen molar-refractivity contribution in [3.63, 3.8) is 0 Å². The second-order valence-corrected chi connectivity index (χ2v) is 7.72. The number of nitrogens with zero attached hydrogens (tertiary/aromatic N) is 1. The smallest absolute Gasteiger partial charge is 0.203 e. The van der Waals surface area contributed by atoms with Crippen molar-refractivity contribution in [1.82, 2.24) is 5.16 Å². The molecular formula is C25H33NO7. The number of benzene rings is 2. The lowest BCUT2D eigenvalue weighted by molar-refractivity contribution is -0.0382. The number of aromatic nitrogens is 1. The summed E-state index contributed by atoms with van der Waals surface area (Å²) in [5.74, 6) is 2.22. The quantitative estimate of drug-likeness (QED) is 0.291. The minimum absolute atomic E-state index is 0.0657. The molecule has 3 rings (SSSR count). The number of rotatable bonds is 13. The predicted octanol–water partition coefficient (Wildman–Crippen LogP) is 4.06. The fourth-order valence-electron chi connectivity index (χ4n) is 3.79. The minimum Gasteiger partial charge on any atom is -0.493 e. The van der Waals surface area contributed by atoms with Gasteiger partial charge < -0.3 is 33.7 Å². The summed E-state index contributed by atoms with van der Waals surface area (Å²) in [4.78, 5) is 0. The van der Waals surface area contributed by atoms with E-state index in [1.165, 1.54) is 14.2 Å². The predicted molar refractivity (Wildman–Crippen MR) is 124 cm³/mol. The van der Waals surface area contributed by atoms with Crippen LogP contribution in [0.1, 0.15) is 43.5 Å². The molecule has 33 heavy (non-hydrogen) atoms. The molecule has 0 fully saturated rings. The molecule has 0 bridgehead atoms. The summed E-state index contributed by atoms with van der Waals surface area (Å²) in [6, 6.07) is 7.42. The Hall–Kier alpha value is -2.97. The van der Waals surface area contributed by atoms with Gasteiger partial charge in [-0.05, 0) is 42.7 Å². The van der Waals surface area contributed by atoms with Crippen LogP contribution in [-0.2, 0) is 19.3 Å². The lowest BCUT2D eigenvalue weighted by atomic mass is 10.0. The summed E-state index contributed by atoms with van der Waals surface area (Å²) < 4.78 is 28.5. The average molecular weight is 460 g/mol. The van der Waals surface area contributed by atoms with Crippen LogP contribution in [0, 0.1) is 0 Å². The third-order valence-corrected chi connectivity index (χ3v) is 5.34. The minimum atomic E-state index is -1.45. The Bertz CT molecular complexity index is 1020. The molecule has 0 aliphatic rings. The van der Waals surface area contributed by atoms with Gasteiger partial charge in [0.15, 0.2) is 23.4 Å². The van der Waals surface area contributed by atoms with E-state index in [2.05, 4.69) is 19.0 Å². The molecule has 0 spiro atoms. The van der Waals surface area contributed by atoms with Gasteiger partial charge in [0, 0.05) is 23.8 Å². The molecule has 0 aliphatic heterocycles. The summed E-state index contributed by atoms with van der Waals surface area (Å²) in [5.41, 5.74) is 3.50. The Morgan fingerprint density at radius 2 is 1.67 bits per heavy atom. The average Bonchev–Trinajstić information content (AvgIpc) is 3.23. The molecular weight excluding hydrogens is 426 g/mol. The Morgan fingerprint density at radius 1 is 0.970 bits per heavy atom. The SMILES string of the molecule is CCCc1c(OCCCOc2c(OC)cc(CC(O)O)cc2OC)ccc2c(CC)noc12. The van der Waals surface area contributed by atoms with Gasteiger partial charge in [-0.3, -0.25) is 0 Å². The normalized spacial score (nSPS) is 11.2. The fourth-order valence-corrected chi connectivity index (χ4v) is 3.79. The van der Waals surface area contributed by atoms with Crippen LogP contribution in [0.15, 0.2) is 28.8 Å². The Morgan fingerprint density at radius 3 is 2.27 bits per heavy atom. The third-order valence-electron chi connectivity index (χ3n) is 5.34. The van der Waals surface area contributed by atoms with Crippen LogP contribution >= 0.6 is 0 Å². The number of fused-ring (bicyclic) bond motifs is 1. The summed E-state index contributed by atoms with van der Waals surface area (Å²) in [6.45, 7) is 5.05. The summed E-state index contributed by atoms with van der Waals surface area (Å²) >= 11 is 0. The number of hydrogen-bond acceptors (Lipinski definition) is 8. The Balaban J connectivity index is 1.64. The first-order chi connectivity index (χ1) is 16.0. The standard InChI is InChI=1S/C25H33NO7/c1-5-8-18-20(10-9-17-19(6-2)26-33-24(17)18)31-11-7-12-32-25-21(29-3)13-16(15-23(27)28)14-22(25)30-4/h9-10,13-14,23,27-28H,5-8,11-12,15H2,1-4H3. The van der Waals surface area contributed by atoms with Gasteiger partial charge in [0.05, 0.1) is 33.1 Å². The zero-order chi connectivity index (χ0) is 23.8. The number of methoxy groups -OCH3 is 2.